The van der Waals surface area contributed by atoms with E-state index < -0.39 is 0 Å². The molecule has 0 spiro atoms. The van der Waals surface area contributed by atoms with Gasteiger partial charge in [-0.15, -0.1) is 0 Å². The second-order valence-corrected chi connectivity index (χ2v) is 5.87. The van der Waals surface area contributed by atoms with E-state index in [1.807, 2.05) is 0 Å². The summed E-state index contributed by atoms with van der Waals surface area (Å²) < 4.78 is 0. The molecule has 2 N–H and O–H groups in total. The van der Waals surface area contributed by atoms with Crippen LogP contribution >= 0.6 is 11.6 Å². The number of aliphatic hydroxyl groups excluding tert-OH is 1. The van der Waals surface area contributed by atoms with Crippen molar-refractivity contribution in [2.75, 3.05) is 6.61 Å². The van der Waals surface area contributed by atoms with Gasteiger partial charge in [-0.1, -0.05) is 36.3 Å². The van der Waals surface area contributed by atoms with Crippen LogP contribution in [0, 0.1) is 17.8 Å². The number of carbonyl (C=O) groups excluding carboxylic acids is 1. The summed E-state index contributed by atoms with van der Waals surface area (Å²) in [7, 11) is 0. The van der Waals surface area contributed by atoms with Crippen molar-refractivity contribution in [3.8, 4) is 11.8 Å². The molecule has 112 valence electrons. The van der Waals surface area contributed by atoms with Gasteiger partial charge in [0.1, 0.15) is 6.61 Å². The normalized spacial score (nSPS) is 16.1. The van der Waals surface area contributed by atoms with Crippen molar-refractivity contribution in [1.82, 2.24) is 5.32 Å². The summed E-state index contributed by atoms with van der Waals surface area (Å²) in [5.41, 5.74) is 1.16. The van der Waals surface area contributed by atoms with Crippen molar-refractivity contribution in [2.24, 2.45) is 5.92 Å². The molecule has 0 saturated heterocycles. The highest BCUT2D eigenvalue weighted by atomic mass is 35.5. The van der Waals surface area contributed by atoms with Crippen LogP contribution in [-0.4, -0.2) is 23.7 Å². The van der Waals surface area contributed by atoms with E-state index in [1.165, 1.54) is 25.7 Å². The minimum Gasteiger partial charge on any atom is -0.384 e. The molecule has 0 radical (unpaired) electrons. The van der Waals surface area contributed by atoms with Gasteiger partial charge in [0.2, 0.25) is 0 Å². The summed E-state index contributed by atoms with van der Waals surface area (Å²) in [6.45, 7) is 1.86. The number of halogens is 1. The number of hydrogen-bond acceptors (Lipinski definition) is 2. The third-order valence-electron chi connectivity index (χ3n) is 4.00. The van der Waals surface area contributed by atoms with E-state index in [9.17, 15) is 4.79 Å². The maximum absolute atomic E-state index is 12.2. The molecule has 0 heterocycles. The van der Waals surface area contributed by atoms with E-state index in [4.69, 9.17) is 16.7 Å². The summed E-state index contributed by atoms with van der Waals surface area (Å²) in [5.74, 6) is 5.78. The third-order valence-corrected chi connectivity index (χ3v) is 4.31. The minimum absolute atomic E-state index is 0.0991. The van der Waals surface area contributed by atoms with Gasteiger partial charge in [0.05, 0.1) is 5.02 Å². The first kappa shape index (κ1) is 15.9. The number of rotatable bonds is 3. The number of hydrogen-bond donors (Lipinski definition) is 2. The SMILES string of the molecule is CC(NC(=O)c1ccc(C#CCO)c(Cl)c1)C1CCCC1. The first-order valence-corrected chi connectivity index (χ1v) is 7.69. The van der Waals surface area contributed by atoms with Gasteiger partial charge >= 0.3 is 0 Å². The van der Waals surface area contributed by atoms with Crippen LogP contribution < -0.4 is 5.32 Å². The Morgan fingerprint density at radius 2 is 2.19 bits per heavy atom. The molecule has 1 aromatic rings. The van der Waals surface area contributed by atoms with Gasteiger partial charge in [-0.2, -0.15) is 0 Å². The molecule has 0 bridgehead atoms. The van der Waals surface area contributed by atoms with Gasteiger partial charge in [0.25, 0.3) is 5.91 Å². The summed E-state index contributed by atoms with van der Waals surface area (Å²) in [6, 6.07) is 5.23. The first-order valence-electron chi connectivity index (χ1n) is 7.32. The highest BCUT2D eigenvalue weighted by Gasteiger charge is 2.23. The predicted molar refractivity (Wildman–Crippen MR) is 84.3 cm³/mol. The molecule has 0 aromatic heterocycles. The Morgan fingerprint density at radius 3 is 2.81 bits per heavy atom. The lowest BCUT2D eigenvalue weighted by Gasteiger charge is -2.20. The Kier molecular flexibility index (Phi) is 5.67. The Balaban J connectivity index is 2.03. The monoisotopic (exact) mass is 305 g/mol. The Morgan fingerprint density at radius 1 is 1.48 bits per heavy atom. The average Bonchev–Trinajstić information content (AvgIpc) is 3.00. The third kappa shape index (κ3) is 4.23. The van der Waals surface area contributed by atoms with Gasteiger partial charge in [-0.25, -0.2) is 0 Å². The van der Waals surface area contributed by atoms with E-state index >= 15 is 0 Å². The van der Waals surface area contributed by atoms with Crippen LogP contribution in [0.2, 0.25) is 5.02 Å². The van der Waals surface area contributed by atoms with Crippen LogP contribution in [0.4, 0.5) is 0 Å². The Bertz CT molecular complexity index is 568. The topological polar surface area (TPSA) is 49.3 Å². The summed E-state index contributed by atoms with van der Waals surface area (Å²) in [6.07, 6.45) is 4.90. The molecule has 3 nitrogen and oxygen atoms in total. The highest BCUT2D eigenvalue weighted by molar-refractivity contribution is 6.32. The molecular weight excluding hydrogens is 286 g/mol. The van der Waals surface area contributed by atoms with Gasteiger partial charge < -0.3 is 10.4 Å². The van der Waals surface area contributed by atoms with Gasteiger partial charge in [0.15, 0.2) is 0 Å². The second-order valence-electron chi connectivity index (χ2n) is 5.46. The molecule has 21 heavy (non-hydrogen) atoms. The van der Waals surface area contributed by atoms with Crippen LogP contribution in [0.1, 0.15) is 48.5 Å². The zero-order valence-corrected chi connectivity index (χ0v) is 12.9. The van der Waals surface area contributed by atoms with Crippen molar-refractivity contribution in [2.45, 2.75) is 38.6 Å². The molecule has 1 aliphatic carbocycles. The van der Waals surface area contributed by atoms with Gasteiger partial charge in [-0.05, 0) is 43.9 Å². The fourth-order valence-corrected chi connectivity index (χ4v) is 2.99. The molecule has 1 unspecified atom stereocenters. The van der Waals surface area contributed by atoms with Gasteiger partial charge in [-0.3, -0.25) is 4.79 Å². The summed E-state index contributed by atoms with van der Waals surface area (Å²) in [5, 5.41) is 12.2. The van der Waals surface area contributed by atoms with Crippen molar-refractivity contribution in [3.63, 3.8) is 0 Å². The number of aliphatic hydroxyl groups is 1. The number of carbonyl (C=O) groups is 1. The standard InChI is InChI=1S/C17H20ClNO2/c1-12(13-5-2-3-6-13)19-17(21)15-9-8-14(7-4-10-20)16(18)11-15/h8-9,11-13,20H,2-3,5-6,10H2,1H3,(H,19,21). The molecule has 1 saturated carbocycles. The number of benzene rings is 1. The first-order chi connectivity index (χ1) is 10.1. The second kappa shape index (κ2) is 7.49. The molecular formula is C17H20ClNO2. The zero-order valence-electron chi connectivity index (χ0n) is 12.2. The minimum atomic E-state index is -0.211. The number of nitrogens with one attached hydrogen (secondary N) is 1. The largest absolute Gasteiger partial charge is 0.384 e. The van der Waals surface area contributed by atoms with E-state index in [1.54, 1.807) is 18.2 Å². The fraction of sp³-hybridized carbons (Fsp3) is 0.471. The molecule has 2 rings (SSSR count). The molecule has 1 aliphatic rings. The molecule has 4 heteroatoms. The van der Waals surface area contributed by atoms with Crippen molar-refractivity contribution >= 4 is 17.5 Å². The van der Waals surface area contributed by atoms with Crippen molar-refractivity contribution < 1.29 is 9.90 Å². The van der Waals surface area contributed by atoms with Crippen molar-refractivity contribution in [1.29, 1.82) is 0 Å². The smallest absolute Gasteiger partial charge is 0.251 e. The van der Waals surface area contributed by atoms with Crippen LogP contribution in [0.5, 0.6) is 0 Å². The van der Waals surface area contributed by atoms with Crippen LogP contribution in [0.3, 0.4) is 0 Å². The van der Waals surface area contributed by atoms with Crippen LogP contribution in [-0.2, 0) is 0 Å². The highest BCUT2D eigenvalue weighted by Crippen LogP contribution is 2.27. The van der Waals surface area contributed by atoms with E-state index in [2.05, 4.69) is 24.1 Å². The predicted octanol–water partition coefficient (Wildman–Crippen LogP) is 2.99. The van der Waals surface area contributed by atoms with E-state index in [-0.39, 0.29) is 18.6 Å². The zero-order chi connectivity index (χ0) is 15.2. The Hall–Kier alpha value is -1.50. The molecule has 0 aliphatic heterocycles. The lowest BCUT2D eigenvalue weighted by atomic mass is 9.99. The Labute approximate surface area is 130 Å². The van der Waals surface area contributed by atoms with Crippen LogP contribution in [0.25, 0.3) is 0 Å². The van der Waals surface area contributed by atoms with E-state index in [0.29, 0.717) is 22.1 Å². The maximum atomic E-state index is 12.2. The summed E-state index contributed by atoms with van der Waals surface area (Å²) >= 11 is 6.11. The molecule has 1 aromatic carbocycles. The molecule has 1 fully saturated rings. The quantitative estimate of drug-likeness (QED) is 0.844. The number of amides is 1. The summed E-state index contributed by atoms with van der Waals surface area (Å²) in [4.78, 5) is 12.2. The lowest BCUT2D eigenvalue weighted by Crippen LogP contribution is -2.37. The molecule has 1 atom stereocenters. The average molecular weight is 306 g/mol. The van der Waals surface area contributed by atoms with E-state index in [0.717, 1.165) is 0 Å². The van der Waals surface area contributed by atoms with Gasteiger partial charge in [0, 0.05) is 17.2 Å². The van der Waals surface area contributed by atoms with Crippen LogP contribution in [0.15, 0.2) is 18.2 Å². The lowest BCUT2D eigenvalue weighted by molar-refractivity contribution is 0.0927. The fourth-order valence-electron chi connectivity index (χ4n) is 2.76. The maximum Gasteiger partial charge on any atom is 0.251 e. The van der Waals surface area contributed by atoms with Crippen molar-refractivity contribution in [3.05, 3.63) is 34.3 Å². The molecule has 1 amide bonds.